The molecule has 0 aliphatic heterocycles. The molecule has 0 aliphatic rings. The van der Waals surface area contributed by atoms with Crippen LogP contribution in [0.4, 0.5) is 47.6 Å². The van der Waals surface area contributed by atoms with Gasteiger partial charge in [-0.1, -0.05) is 23.2 Å². The van der Waals surface area contributed by atoms with Gasteiger partial charge in [-0.3, -0.25) is 19.8 Å². The first-order valence-electron chi connectivity index (χ1n) is 13.2. The molecule has 1 amide bonds. The number of nitrogens with zero attached hydrogens (tertiary/aromatic N) is 6. The fourth-order valence-electron chi connectivity index (χ4n) is 4.77. The summed E-state index contributed by atoms with van der Waals surface area (Å²) in [5, 5.41) is 14.5. The van der Waals surface area contributed by atoms with Crippen LogP contribution in [0.3, 0.4) is 0 Å². The van der Waals surface area contributed by atoms with Gasteiger partial charge in [-0.15, -0.1) is 0 Å². The maximum atomic E-state index is 14.6. The second kappa shape index (κ2) is 12.2. The highest BCUT2D eigenvalue weighted by Crippen LogP contribution is 2.45. The Bertz CT molecular complexity index is 2280. The minimum absolute atomic E-state index is 0.00655. The maximum absolute atomic E-state index is 14.6. The van der Waals surface area contributed by atoms with Gasteiger partial charge in [0.2, 0.25) is 11.6 Å². The van der Waals surface area contributed by atoms with Crippen molar-refractivity contribution in [3.8, 4) is 5.75 Å². The van der Waals surface area contributed by atoms with Crippen molar-refractivity contribution in [2.75, 3.05) is 17.3 Å². The van der Waals surface area contributed by atoms with E-state index < -0.39 is 34.0 Å². The average molecular weight is 681 g/mol. The normalized spacial score (nSPS) is 11.1. The summed E-state index contributed by atoms with van der Waals surface area (Å²) in [6.07, 6.45) is 1.11. The third kappa shape index (κ3) is 5.84. The van der Waals surface area contributed by atoms with Gasteiger partial charge in [0, 0.05) is 35.0 Å². The van der Waals surface area contributed by atoms with E-state index in [2.05, 4.69) is 25.3 Å². The smallest absolute Gasteiger partial charge is 0.305 e. The minimum atomic E-state index is -1.12. The van der Waals surface area contributed by atoms with Crippen molar-refractivity contribution in [1.82, 2.24) is 19.9 Å². The number of anilines is 5. The molecule has 236 valence electrons. The third-order valence-corrected chi connectivity index (χ3v) is 7.47. The van der Waals surface area contributed by atoms with Crippen molar-refractivity contribution < 1.29 is 27.6 Å². The van der Waals surface area contributed by atoms with Crippen molar-refractivity contribution in [3.63, 3.8) is 0 Å². The van der Waals surface area contributed by atoms with E-state index in [-0.39, 0.29) is 66.4 Å². The number of primary amides is 1. The number of carbonyl (C=O) groups excluding carboxylic acids is 1. The summed E-state index contributed by atoms with van der Waals surface area (Å²) in [7, 11) is 1.34. The van der Waals surface area contributed by atoms with Crippen LogP contribution in [-0.4, -0.2) is 37.9 Å². The van der Waals surface area contributed by atoms with Crippen molar-refractivity contribution in [2.45, 2.75) is 0 Å². The van der Waals surface area contributed by atoms with Crippen molar-refractivity contribution >= 4 is 85.3 Å². The molecule has 0 saturated carbocycles. The lowest BCUT2D eigenvalue weighted by atomic mass is 10.1. The maximum Gasteiger partial charge on any atom is 0.305 e. The summed E-state index contributed by atoms with van der Waals surface area (Å²) < 4.78 is 48.6. The molecular weight excluding hydrogens is 664 g/mol. The Kier molecular flexibility index (Phi) is 8.09. The van der Waals surface area contributed by atoms with Gasteiger partial charge in [0.05, 0.1) is 44.2 Å². The molecule has 6 aromatic rings. The van der Waals surface area contributed by atoms with Gasteiger partial charge in [0.1, 0.15) is 35.3 Å². The molecule has 2 aromatic heterocycles. The number of ether oxygens (including phenoxy) is 1. The van der Waals surface area contributed by atoms with E-state index in [0.717, 1.165) is 30.6 Å². The fourth-order valence-corrected chi connectivity index (χ4v) is 5.12. The molecule has 0 saturated heterocycles. The van der Waals surface area contributed by atoms with Crippen LogP contribution >= 0.6 is 23.2 Å². The molecule has 47 heavy (non-hydrogen) atoms. The Morgan fingerprint density at radius 1 is 0.915 bits per heavy atom. The van der Waals surface area contributed by atoms with Crippen molar-refractivity contribution in [3.05, 3.63) is 110 Å². The Morgan fingerprint density at radius 2 is 1.64 bits per heavy atom. The Balaban J connectivity index is 1.67. The first kappa shape index (κ1) is 31.2. The van der Waals surface area contributed by atoms with Crippen molar-refractivity contribution in [1.29, 1.82) is 0 Å². The Labute approximate surface area is 271 Å². The average Bonchev–Trinajstić information content (AvgIpc) is 3.03. The molecule has 6 rings (SSSR count). The standard InChI is InChI=1S/C30H17Cl2F3N8O4/c1-47-26-11-23-15(28(41-29(40-23)27(36)44)39-13-2-4-19(33)17(31)6-13)8-25(26)42(14-3-5-20(34)18(32)7-14)30-16-9-24(43(45)46)21(35)10-22(16)37-12-38-30/h2-12H,1H3,(H2,36,44)(H,39,40,41). The second-order valence-electron chi connectivity index (χ2n) is 9.76. The summed E-state index contributed by atoms with van der Waals surface area (Å²) in [5.74, 6) is -3.67. The first-order chi connectivity index (χ1) is 22.4. The number of aromatic nitrogens is 4. The van der Waals surface area contributed by atoms with E-state index in [1.165, 1.54) is 48.4 Å². The molecule has 2 heterocycles. The number of halogens is 5. The zero-order valence-corrected chi connectivity index (χ0v) is 25.1. The minimum Gasteiger partial charge on any atom is -0.494 e. The predicted molar refractivity (Wildman–Crippen MR) is 169 cm³/mol. The highest BCUT2D eigenvalue weighted by atomic mass is 35.5. The quantitative estimate of drug-likeness (QED) is 0.121. The molecule has 4 aromatic carbocycles. The zero-order valence-electron chi connectivity index (χ0n) is 23.6. The number of methoxy groups -OCH3 is 1. The van der Waals surface area contributed by atoms with Crippen LogP contribution in [0.5, 0.6) is 5.75 Å². The molecule has 17 heteroatoms. The molecule has 0 aliphatic carbocycles. The molecule has 0 radical (unpaired) electrons. The predicted octanol–water partition coefficient (Wildman–Crippen LogP) is 7.53. The summed E-state index contributed by atoms with van der Waals surface area (Å²) >= 11 is 12.2. The van der Waals surface area contributed by atoms with E-state index in [1.54, 1.807) is 0 Å². The van der Waals surface area contributed by atoms with E-state index >= 15 is 0 Å². The van der Waals surface area contributed by atoms with E-state index in [0.29, 0.717) is 5.69 Å². The second-order valence-corrected chi connectivity index (χ2v) is 10.6. The number of benzene rings is 4. The number of nitro benzene ring substituents is 1. The summed E-state index contributed by atoms with van der Waals surface area (Å²) in [6, 6.07) is 12.4. The van der Waals surface area contributed by atoms with Crippen LogP contribution in [0, 0.1) is 27.6 Å². The van der Waals surface area contributed by atoms with Crippen LogP contribution in [0.2, 0.25) is 10.0 Å². The number of carbonyl (C=O) groups is 1. The number of hydrogen-bond donors (Lipinski definition) is 2. The van der Waals surface area contributed by atoms with Crippen LogP contribution in [-0.2, 0) is 0 Å². The largest absolute Gasteiger partial charge is 0.494 e. The van der Waals surface area contributed by atoms with Crippen LogP contribution in [0.15, 0.2) is 67.0 Å². The van der Waals surface area contributed by atoms with E-state index in [4.69, 9.17) is 33.7 Å². The molecule has 3 N–H and O–H groups in total. The van der Waals surface area contributed by atoms with Gasteiger partial charge in [0.15, 0.2) is 0 Å². The van der Waals surface area contributed by atoms with Gasteiger partial charge in [-0.05, 0) is 42.5 Å². The molecule has 0 spiro atoms. The lowest BCUT2D eigenvalue weighted by molar-refractivity contribution is -0.387. The number of rotatable bonds is 8. The van der Waals surface area contributed by atoms with Gasteiger partial charge in [-0.2, -0.15) is 4.39 Å². The molecular formula is C30H17Cl2F3N8O4. The summed E-state index contributed by atoms with van der Waals surface area (Å²) in [6.45, 7) is 0. The van der Waals surface area contributed by atoms with Gasteiger partial charge >= 0.3 is 5.69 Å². The lowest BCUT2D eigenvalue weighted by Crippen LogP contribution is -2.17. The number of amides is 1. The van der Waals surface area contributed by atoms with Crippen LogP contribution in [0.25, 0.3) is 21.8 Å². The van der Waals surface area contributed by atoms with Crippen LogP contribution < -0.4 is 20.7 Å². The molecule has 0 atom stereocenters. The van der Waals surface area contributed by atoms with E-state index in [1.807, 2.05) is 0 Å². The summed E-state index contributed by atoms with van der Waals surface area (Å²) in [4.78, 5) is 41.3. The van der Waals surface area contributed by atoms with Gasteiger partial charge < -0.3 is 15.8 Å². The molecule has 0 unspecified atom stereocenters. The number of nitrogens with two attached hydrogens (primary N) is 1. The topological polar surface area (TPSA) is 162 Å². The SMILES string of the molecule is COc1cc2nc(C(N)=O)nc(Nc3ccc(F)c(Cl)c3)c2cc1N(c1ccc(F)c(Cl)c1)c1ncnc2cc(F)c([N+](=O)[O-])cc12. The number of hydrogen-bond acceptors (Lipinski definition) is 10. The van der Waals surface area contributed by atoms with E-state index in [9.17, 15) is 28.1 Å². The molecule has 12 nitrogen and oxygen atoms in total. The first-order valence-corrected chi connectivity index (χ1v) is 14.0. The summed E-state index contributed by atoms with van der Waals surface area (Å²) in [5.41, 5.74) is 5.53. The zero-order chi connectivity index (χ0) is 33.6. The van der Waals surface area contributed by atoms with Crippen molar-refractivity contribution in [2.24, 2.45) is 5.73 Å². The number of nitrogens with one attached hydrogen (secondary N) is 1. The van der Waals surface area contributed by atoms with Gasteiger partial charge in [0.25, 0.3) is 5.91 Å². The Morgan fingerprint density at radius 3 is 2.30 bits per heavy atom. The monoisotopic (exact) mass is 680 g/mol. The third-order valence-electron chi connectivity index (χ3n) is 6.89. The Hall–Kier alpha value is -5.80. The highest BCUT2D eigenvalue weighted by Gasteiger charge is 2.26. The lowest BCUT2D eigenvalue weighted by Gasteiger charge is -2.27. The highest BCUT2D eigenvalue weighted by molar-refractivity contribution is 6.31. The molecule has 0 bridgehead atoms. The number of fused-ring (bicyclic) bond motifs is 2. The molecule has 0 fully saturated rings. The van der Waals surface area contributed by atoms with Crippen LogP contribution in [0.1, 0.15) is 10.6 Å². The van der Waals surface area contributed by atoms with Gasteiger partial charge in [-0.25, -0.2) is 28.7 Å². The number of nitro groups is 1. The fraction of sp³-hybridized carbons (Fsp3) is 0.0333.